The molecule has 0 atom stereocenters. The fraction of sp³-hybridized carbons (Fsp3) is 0.120. The first-order chi connectivity index (χ1) is 15.3. The normalized spacial score (nSPS) is 13.8. The third-order valence-corrected chi connectivity index (χ3v) is 4.76. The molecule has 32 heavy (non-hydrogen) atoms. The van der Waals surface area contributed by atoms with Gasteiger partial charge in [-0.05, 0) is 67.9 Å². The molecule has 4 rings (SSSR count). The molecule has 0 unspecified atom stereocenters. The second-order valence-electron chi connectivity index (χ2n) is 7.50. The molecule has 3 aromatic rings. The number of carbonyl (C=O) groups is 2. The molecule has 0 bridgehead atoms. The number of hydrogen-bond acceptors (Lipinski definition) is 4. The van der Waals surface area contributed by atoms with Gasteiger partial charge in [-0.15, -0.1) is 0 Å². The van der Waals surface area contributed by atoms with Gasteiger partial charge in [0.1, 0.15) is 23.1 Å². The summed E-state index contributed by atoms with van der Waals surface area (Å²) < 4.78 is 33.1. The monoisotopic (exact) mass is 434 g/mol. The third-order valence-electron chi connectivity index (χ3n) is 4.76. The van der Waals surface area contributed by atoms with E-state index >= 15 is 0 Å². The smallest absolute Gasteiger partial charge is 0.282 e. The number of imide groups is 1. The molecule has 3 aromatic carbocycles. The van der Waals surface area contributed by atoms with Gasteiger partial charge >= 0.3 is 0 Å². The van der Waals surface area contributed by atoms with E-state index in [9.17, 15) is 18.4 Å². The van der Waals surface area contributed by atoms with Crippen LogP contribution in [0.5, 0.6) is 5.75 Å². The fourth-order valence-electron chi connectivity index (χ4n) is 3.45. The van der Waals surface area contributed by atoms with E-state index in [2.05, 4.69) is 5.32 Å². The Morgan fingerprint density at radius 1 is 0.844 bits per heavy atom. The molecule has 1 heterocycles. The lowest BCUT2D eigenvalue weighted by atomic mass is 10.0. The summed E-state index contributed by atoms with van der Waals surface area (Å²) >= 11 is 0. The van der Waals surface area contributed by atoms with Crippen LogP contribution in [0, 0.1) is 11.6 Å². The van der Waals surface area contributed by atoms with Gasteiger partial charge in [-0.2, -0.15) is 0 Å². The molecule has 1 N–H and O–H groups in total. The Morgan fingerprint density at radius 3 is 2.12 bits per heavy atom. The minimum atomic E-state index is -0.664. The topological polar surface area (TPSA) is 58.6 Å². The first kappa shape index (κ1) is 21.2. The second kappa shape index (κ2) is 8.63. The number of nitrogens with one attached hydrogen (secondary N) is 1. The van der Waals surface area contributed by atoms with Crippen molar-refractivity contribution in [2.75, 3.05) is 10.2 Å². The number of nitrogens with zero attached hydrogens (tertiary/aromatic N) is 1. The zero-order chi connectivity index (χ0) is 22.8. The van der Waals surface area contributed by atoms with Gasteiger partial charge in [-0.3, -0.25) is 9.59 Å². The lowest BCUT2D eigenvalue weighted by Crippen LogP contribution is -2.32. The summed E-state index contributed by atoms with van der Waals surface area (Å²) in [6.45, 7) is 3.79. The number of rotatable bonds is 6. The number of carbonyl (C=O) groups excluding carboxylic acids is 2. The summed E-state index contributed by atoms with van der Waals surface area (Å²) in [5, 5.41) is 2.87. The Hall–Kier alpha value is -4.00. The average molecular weight is 434 g/mol. The Labute approximate surface area is 183 Å². The van der Waals surface area contributed by atoms with E-state index in [-0.39, 0.29) is 23.1 Å². The van der Waals surface area contributed by atoms with Crippen molar-refractivity contribution in [1.82, 2.24) is 0 Å². The molecule has 0 saturated heterocycles. The Balaban J connectivity index is 1.79. The van der Waals surface area contributed by atoms with E-state index in [1.807, 2.05) is 13.8 Å². The summed E-state index contributed by atoms with van der Waals surface area (Å²) in [7, 11) is 0. The van der Waals surface area contributed by atoms with Crippen molar-refractivity contribution >= 4 is 28.8 Å². The number of halogens is 2. The molecule has 0 saturated carbocycles. The highest BCUT2D eigenvalue weighted by Gasteiger charge is 2.40. The van der Waals surface area contributed by atoms with Crippen LogP contribution in [0.15, 0.2) is 78.5 Å². The summed E-state index contributed by atoms with van der Waals surface area (Å²) in [4.78, 5) is 27.5. The number of anilines is 2. The maximum atomic E-state index is 13.8. The number of benzene rings is 3. The Bertz CT molecular complexity index is 1220. The minimum absolute atomic E-state index is 0.0246. The van der Waals surface area contributed by atoms with Crippen LogP contribution in [0.25, 0.3) is 5.57 Å². The molecular formula is C25H20F2N2O3. The molecule has 7 heteroatoms. The van der Waals surface area contributed by atoms with Crippen LogP contribution in [0.3, 0.4) is 0 Å². The zero-order valence-corrected chi connectivity index (χ0v) is 17.4. The van der Waals surface area contributed by atoms with Crippen molar-refractivity contribution in [3.05, 3.63) is 95.7 Å². The summed E-state index contributed by atoms with van der Waals surface area (Å²) in [5.74, 6) is -1.74. The van der Waals surface area contributed by atoms with Crippen LogP contribution in [0.1, 0.15) is 19.4 Å². The number of ether oxygens (including phenoxy) is 1. The van der Waals surface area contributed by atoms with E-state index < -0.39 is 23.4 Å². The minimum Gasteiger partial charge on any atom is -0.491 e. The molecule has 0 fully saturated rings. The molecule has 0 radical (unpaired) electrons. The van der Waals surface area contributed by atoms with Crippen molar-refractivity contribution in [3.8, 4) is 5.75 Å². The maximum absolute atomic E-state index is 13.8. The first-order valence-corrected chi connectivity index (χ1v) is 10.0. The molecular weight excluding hydrogens is 414 g/mol. The predicted molar refractivity (Wildman–Crippen MR) is 118 cm³/mol. The van der Waals surface area contributed by atoms with Crippen LogP contribution in [0.4, 0.5) is 20.2 Å². The Morgan fingerprint density at radius 2 is 1.50 bits per heavy atom. The van der Waals surface area contributed by atoms with Gasteiger partial charge in [0, 0.05) is 5.69 Å². The van der Waals surface area contributed by atoms with E-state index in [1.54, 1.807) is 30.3 Å². The number of hydrogen-bond donors (Lipinski definition) is 1. The van der Waals surface area contributed by atoms with Gasteiger partial charge in [0.05, 0.1) is 17.4 Å². The highest BCUT2D eigenvalue weighted by atomic mass is 19.1. The summed E-state index contributed by atoms with van der Waals surface area (Å²) in [6.07, 6.45) is -0.0246. The van der Waals surface area contributed by atoms with Crippen molar-refractivity contribution < 1.29 is 23.1 Å². The molecule has 2 amide bonds. The second-order valence-corrected chi connectivity index (χ2v) is 7.50. The lowest BCUT2D eigenvalue weighted by Gasteiger charge is -2.15. The van der Waals surface area contributed by atoms with Gasteiger partial charge in [-0.25, -0.2) is 13.7 Å². The van der Waals surface area contributed by atoms with Crippen LogP contribution < -0.4 is 15.0 Å². The van der Waals surface area contributed by atoms with E-state index in [0.29, 0.717) is 17.0 Å². The van der Waals surface area contributed by atoms with Crippen molar-refractivity contribution in [1.29, 1.82) is 0 Å². The van der Waals surface area contributed by atoms with Gasteiger partial charge < -0.3 is 10.1 Å². The molecule has 1 aliphatic rings. The lowest BCUT2D eigenvalue weighted by molar-refractivity contribution is -0.120. The summed E-state index contributed by atoms with van der Waals surface area (Å²) in [5.41, 5.74) is 0.951. The molecule has 0 aliphatic carbocycles. The largest absolute Gasteiger partial charge is 0.491 e. The van der Waals surface area contributed by atoms with Gasteiger partial charge in [0.25, 0.3) is 11.8 Å². The zero-order valence-electron chi connectivity index (χ0n) is 17.4. The fourth-order valence-corrected chi connectivity index (χ4v) is 3.45. The molecule has 162 valence electrons. The first-order valence-electron chi connectivity index (χ1n) is 10.0. The van der Waals surface area contributed by atoms with Crippen LogP contribution in [-0.4, -0.2) is 17.9 Å². The van der Waals surface area contributed by atoms with Gasteiger partial charge in [0.15, 0.2) is 0 Å². The van der Waals surface area contributed by atoms with Crippen LogP contribution in [-0.2, 0) is 9.59 Å². The van der Waals surface area contributed by atoms with E-state index in [1.165, 1.54) is 36.4 Å². The van der Waals surface area contributed by atoms with Crippen LogP contribution >= 0.6 is 0 Å². The standard InChI is InChI=1S/C25H20F2N2O3/c1-15(2)32-21-11-9-16(10-12-21)22-23(28-19-7-3-5-17(26)13-19)25(31)29(24(22)30)20-8-4-6-18(27)14-20/h3-15,28H,1-2H3. The molecule has 0 aromatic heterocycles. The highest BCUT2D eigenvalue weighted by Crippen LogP contribution is 2.34. The molecule has 5 nitrogen and oxygen atoms in total. The number of amides is 2. The maximum Gasteiger partial charge on any atom is 0.282 e. The Kier molecular flexibility index (Phi) is 5.73. The van der Waals surface area contributed by atoms with Gasteiger partial charge in [0.2, 0.25) is 0 Å². The van der Waals surface area contributed by atoms with E-state index in [4.69, 9.17) is 4.74 Å². The van der Waals surface area contributed by atoms with Crippen molar-refractivity contribution in [3.63, 3.8) is 0 Å². The third kappa shape index (κ3) is 4.23. The molecule has 0 spiro atoms. The SMILES string of the molecule is CC(C)Oc1ccc(C2=C(Nc3cccc(F)c3)C(=O)N(c3cccc(F)c3)C2=O)cc1. The van der Waals surface area contributed by atoms with Crippen molar-refractivity contribution in [2.45, 2.75) is 20.0 Å². The van der Waals surface area contributed by atoms with Crippen LogP contribution in [0.2, 0.25) is 0 Å². The molecule has 1 aliphatic heterocycles. The van der Waals surface area contributed by atoms with Crippen molar-refractivity contribution in [2.24, 2.45) is 0 Å². The van der Waals surface area contributed by atoms with E-state index in [0.717, 1.165) is 11.0 Å². The quantitative estimate of drug-likeness (QED) is 0.546. The average Bonchev–Trinajstić information content (AvgIpc) is 2.98. The predicted octanol–water partition coefficient (Wildman–Crippen LogP) is 5.15. The highest BCUT2D eigenvalue weighted by molar-refractivity contribution is 6.46. The van der Waals surface area contributed by atoms with Gasteiger partial charge in [-0.1, -0.05) is 24.3 Å². The summed E-state index contributed by atoms with van der Waals surface area (Å²) in [6, 6.07) is 17.5.